The molecule has 0 spiro atoms. The van der Waals surface area contributed by atoms with Crippen LogP contribution in [0.4, 0.5) is 8.78 Å². The Morgan fingerprint density at radius 3 is 2.81 bits per heavy atom. The zero-order chi connectivity index (χ0) is 15.4. The van der Waals surface area contributed by atoms with Gasteiger partial charge < -0.3 is 5.32 Å². The lowest BCUT2D eigenvalue weighted by Crippen LogP contribution is -2.25. The minimum absolute atomic E-state index is 0.236. The summed E-state index contributed by atoms with van der Waals surface area (Å²) < 4.78 is 28.0. The van der Waals surface area contributed by atoms with E-state index in [1.165, 1.54) is 12.1 Å². The summed E-state index contributed by atoms with van der Waals surface area (Å²) in [5.41, 5.74) is 1.02. The first-order valence-corrected chi connectivity index (χ1v) is 6.38. The molecule has 1 aromatic heterocycles. The first-order valence-electron chi connectivity index (χ1n) is 6.38. The van der Waals surface area contributed by atoms with E-state index in [2.05, 4.69) is 10.4 Å². The fourth-order valence-electron chi connectivity index (χ4n) is 1.89. The summed E-state index contributed by atoms with van der Waals surface area (Å²) in [5, 5.41) is 6.59. The lowest BCUT2D eigenvalue weighted by atomic mass is 10.1. The highest BCUT2D eigenvalue weighted by atomic mass is 19.1. The van der Waals surface area contributed by atoms with E-state index in [0.29, 0.717) is 0 Å². The molecule has 0 radical (unpaired) electrons. The molecule has 2 rings (SSSR count). The van der Waals surface area contributed by atoms with E-state index in [4.69, 9.17) is 0 Å². The van der Waals surface area contributed by atoms with Crippen molar-refractivity contribution >= 4 is 12.0 Å². The number of benzene rings is 1. The van der Waals surface area contributed by atoms with E-state index in [-0.39, 0.29) is 11.5 Å². The van der Waals surface area contributed by atoms with E-state index < -0.39 is 17.7 Å². The Bertz CT molecular complexity index is 679. The Morgan fingerprint density at radius 2 is 2.19 bits per heavy atom. The smallest absolute Gasteiger partial charge is 0.244 e. The molecule has 0 aliphatic rings. The van der Waals surface area contributed by atoms with Gasteiger partial charge in [0.1, 0.15) is 11.6 Å². The second kappa shape index (κ2) is 6.30. The van der Waals surface area contributed by atoms with E-state index >= 15 is 0 Å². The fourth-order valence-corrected chi connectivity index (χ4v) is 1.89. The normalized spacial score (nSPS) is 12.6. The topological polar surface area (TPSA) is 46.9 Å². The largest absolute Gasteiger partial charge is 0.346 e. The van der Waals surface area contributed by atoms with Crippen LogP contribution < -0.4 is 5.32 Å². The van der Waals surface area contributed by atoms with Gasteiger partial charge in [0.2, 0.25) is 5.91 Å². The SMILES string of the molecule is CC(NC(=O)/C=C/c1cnn(C)c1)c1ccc(F)cc1F. The molecular weight excluding hydrogens is 276 g/mol. The number of rotatable bonds is 4. The quantitative estimate of drug-likeness (QED) is 0.880. The number of carbonyl (C=O) groups is 1. The van der Waals surface area contributed by atoms with Crippen molar-refractivity contribution in [2.45, 2.75) is 13.0 Å². The van der Waals surface area contributed by atoms with Crippen molar-refractivity contribution in [2.75, 3.05) is 0 Å². The molecule has 0 saturated heterocycles. The first kappa shape index (κ1) is 14.9. The Labute approximate surface area is 121 Å². The summed E-state index contributed by atoms with van der Waals surface area (Å²) in [5.74, 6) is -1.69. The highest BCUT2D eigenvalue weighted by Gasteiger charge is 2.12. The lowest BCUT2D eigenvalue weighted by molar-refractivity contribution is -0.117. The number of carbonyl (C=O) groups excluding carboxylic acids is 1. The third kappa shape index (κ3) is 3.98. The second-order valence-corrected chi connectivity index (χ2v) is 4.68. The van der Waals surface area contributed by atoms with Crippen molar-refractivity contribution in [1.29, 1.82) is 0 Å². The molecule has 0 bridgehead atoms. The Kier molecular flexibility index (Phi) is 4.47. The molecule has 0 fully saturated rings. The summed E-state index contributed by atoms with van der Waals surface area (Å²) in [6.07, 6.45) is 6.32. The maximum Gasteiger partial charge on any atom is 0.244 e. The van der Waals surface area contributed by atoms with Gasteiger partial charge in [-0.25, -0.2) is 8.78 Å². The number of nitrogens with one attached hydrogen (secondary N) is 1. The minimum Gasteiger partial charge on any atom is -0.346 e. The maximum atomic E-state index is 13.6. The van der Waals surface area contributed by atoms with Crippen LogP contribution in [0.15, 0.2) is 36.7 Å². The van der Waals surface area contributed by atoms with Gasteiger partial charge in [-0.15, -0.1) is 0 Å². The van der Waals surface area contributed by atoms with Gasteiger partial charge in [-0.3, -0.25) is 9.48 Å². The monoisotopic (exact) mass is 291 g/mol. The molecule has 21 heavy (non-hydrogen) atoms. The van der Waals surface area contributed by atoms with Gasteiger partial charge in [-0.05, 0) is 19.1 Å². The first-order chi connectivity index (χ1) is 9.95. The van der Waals surface area contributed by atoms with Crippen LogP contribution in [0.3, 0.4) is 0 Å². The van der Waals surface area contributed by atoms with Crippen molar-refractivity contribution in [1.82, 2.24) is 15.1 Å². The molecule has 1 amide bonds. The summed E-state index contributed by atoms with van der Waals surface area (Å²) >= 11 is 0. The van der Waals surface area contributed by atoms with Gasteiger partial charge in [-0.2, -0.15) is 5.10 Å². The number of aryl methyl sites for hydroxylation is 1. The van der Waals surface area contributed by atoms with Crippen LogP contribution in [0.1, 0.15) is 24.1 Å². The molecule has 6 heteroatoms. The van der Waals surface area contributed by atoms with E-state index in [9.17, 15) is 13.6 Å². The van der Waals surface area contributed by atoms with Gasteiger partial charge in [0.15, 0.2) is 0 Å². The molecule has 1 aromatic carbocycles. The van der Waals surface area contributed by atoms with Crippen LogP contribution in [0.2, 0.25) is 0 Å². The number of nitrogens with zero attached hydrogens (tertiary/aromatic N) is 2. The third-order valence-corrected chi connectivity index (χ3v) is 2.94. The van der Waals surface area contributed by atoms with Crippen LogP contribution in [0.5, 0.6) is 0 Å². The zero-order valence-corrected chi connectivity index (χ0v) is 11.7. The van der Waals surface area contributed by atoms with Crippen molar-refractivity contribution in [3.63, 3.8) is 0 Å². The van der Waals surface area contributed by atoms with E-state index in [1.807, 2.05) is 0 Å². The second-order valence-electron chi connectivity index (χ2n) is 4.68. The molecule has 0 aliphatic heterocycles. The van der Waals surface area contributed by atoms with E-state index in [0.717, 1.165) is 17.7 Å². The summed E-state index contributed by atoms with van der Waals surface area (Å²) in [4.78, 5) is 11.8. The Hall–Kier alpha value is -2.50. The van der Waals surface area contributed by atoms with Crippen molar-refractivity contribution in [2.24, 2.45) is 7.05 Å². The third-order valence-electron chi connectivity index (χ3n) is 2.94. The van der Waals surface area contributed by atoms with Crippen LogP contribution in [-0.4, -0.2) is 15.7 Å². The molecule has 0 saturated carbocycles. The molecule has 2 aromatic rings. The van der Waals surface area contributed by atoms with Crippen LogP contribution in [-0.2, 0) is 11.8 Å². The van der Waals surface area contributed by atoms with Crippen LogP contribution in [0.25, 0.3) is 6.08 Å². The van der Waals surface area contributed by atoms with Crippen molar-refractivity contribution in [3.8, 4) is 0 Å². The molecule has 4 nitrogen and oxygen atoms in total. The number of hydrogen-bond acceptors (Lipinski definition) is 2. The van der Waals surface area contributed by atoms with Gasteiger partial charge >= 0.3 is 0 Å². The Balaban J connectivity index is 2.00. The molecule has 1 unspecified atom stereocenters. The number of amides is 1. The number of halogens is 2. The van der Waals surface area contributed by atoms with Gasteiger partial charge in [-0.1, -0.05) is 6.07 Å². The van der Waals surface area contributed by atoms with Crippen molar-refractivity contribution < 1.29 is 13.6 Å². The number of hydrogen-bond donors (Lipinski definition) is 1. The van der Waals surface area contributed by atoms with Crippen LogP contribution in [0, 0.1) is 11.6 Å². The molecule has 110 valence electrons. The molecule has 1 atom stereocenters. The fraction of sp³-hybridized carbons (Fsp3) is 0.200. The van der Waals surface area contributed by atoms with Gasteiger partial charge in [0, 0.05) is 36.5 Å². The lowest BCUT2D eigenvalue weighted by Gasteiger charge is -2.13. The standard InChI is InChI=1S/C15H15F2N3O/c1-10(13-5-4-12(16)7-14(13)17)19-15(21)6-3-11-8-18-20(2)9-11/h3-10H,1-2H3,(H,19,21)/b6-3+. The predicted octanol–water partition coefficient (Wildman–Crippen LogP) is 2.59. The molecular formula is C15H15F2N3O. The van der Waals surface area contributed by atoms with E-state index in [1.54, 1.807) is 37.1 Å². The summed E-state index contributed by atoms with van der Waals surface area (Å²) in [6.45, 7) is 1.63. The predicted molar refractivity (Wildman–Crippen MR) is 75.2 cm³/mol. The molecule has 1 N–H and O–H groups in total. The highest BCUT2D eigenvalue weighted by molar-refractivity contribution is 5.91. The minimum atomic E-state index is -0.681. The average molecular weight is 291 g/mol. The summed E-state index contributed by atoms with van der Waals surface area (Å²) in [7, 11) is 1.77. The Morgan fingerprint density at radius 1 is 1.43 bits per heavy atom. The van der Waals surface area contributed by atoms with Gasteiger partial charge in [0.05, 0.1) is 12.2 Å². The van der Waals surface area contributed by atoms with Gasteiger partial charge in [0.25, 0.3) is 0 Å². The average Bonchev–Trinajstić information content (AvgIpc) is 2.82. The summed E-state index contributed by atoms with van der Waals surface area (Å²) in [6, 6.07) is 2.72. The van der Waals surface area contributed by atoms with Crippen LogP contribution >= 0.6 is 0 Å². The van der Waals surface area contributed by atoms with Crippen molar-refractivity contribution in [3.05, 3.63) is 59.4 Å². The molecule has 1 heterocycles. The number of aromatic nitrogens is 2. The highest BCUT2D eigenvalue weighted by Crippen LogP contribution is 2.17. The molecule has 0 aliphatic carbocycles. The zero-order valence-electron chi connectivity index (χ0n) is 11.7. The maximum absolute atomic E-state index is 13.6.